The van der Waals surface area contributed by atoms with Crippen molar-refractivity contribution in [1.29, 1.82) is 0 Å². The zero-order valence-electron chi connectivity index (χ0n) is 13.0. The average molecular weight is 376 g/mol. The van der Waals surface area contributed by atoms with Gasteiger partial charge in [0.1, 0.15) is 5.75 Å². The Morgan fingerprint density at radius 3 is 2.35 bits per heavy atom. The van der Waals surface area contributed by atoms with E-state index in [0.717, 1.165) is 17.0 Å². The number of rotatable bonds is 6. The normalized spacial score (nSPS) is 12.6. The summed E-state index contributed by atoms with van der Waals surface area (Å²) in [7, 11) is 1.61. The van der Waals surface area contributed by atoms with Gasteiger partial charge >= 0.3 is 5.97 Å². The van der Waals surface area contributed by atoms with Crippen LogP contribution in [0.25, 0.3) is 0 Å². The number of hydrogen-bond acceptors (Lipinski definition) is 4. The smallest absolute Gasteiger partial charge is 0.325 e. The number of benzene rings is 2. The van der Waals surface area contributed by atoms with E-state index in [9.17, 15) is 4.79 Å². The molecule has 0 saturated heterocycles. The maximum atomic E-state index is 12.1. The zero-order valence-corrected chi connectivity index (χ0v) is 14.6. The molecular weight excluding hydrogens is 358 g/mol. The molecular formula is C18H18BrNO3. The summed E-state index contributed by atoms with van der Waals surface area (Å²) in [5.74, 6) is 0.398. The maximum Gasteiger partial charge on any atom is 0.325 e. The van der Waals surface area contributed by atoms with Gasteiger partial charge in [0.2, 0.25) is 0 Å². The molecule has 0 spiro atoms. The van der Waals surface area contributed by atoms with Crippen molar-refractivity contribution in [2.75, 3.05) is 13.7 Å². The van der Waals surface area contributed by atoms with Gasteiger partial charge < -0.3 is 9.47 Å². The number of aliphatic imine (C=N–C) groups is 1. The molecule has 2 aromatic carbocycles. The second kappa shape index (κ2) is 8.48. The molecule has 0 bridgehead atoms. The summed E-state index contributed by atoms with van der Waals surface area (Å²) in [5.41, 5.74) is 2.20. The van der Waals surface area contributed by atoms with Crippen LogP contribution in [0.1, 0.15) is 12.5 Å². The number of carbonyl (C=O) groups excluding carboxylic acids is 1. The predicted octanol–water partition coefficient (Wildman–Crippen LogP) is 4.14. The topological polar surface area (TPSA) is 47.9 Å². The van der Waals surface area contributed by atoms with Gasteiger partial charge in [-0.3, -0.25) is 9.79 Å². The molecule has 0 aliphatic carbocycles. The van der Waals surface area contributed by atoms with Gasteiger partial charge in [-0.15, -0.1) is 0 Å². The van der Waals surface area contributed by atoms with Gasteiger partial charge in [-0.2, -0.15) is 0 Å². The third-order valence-corrected chi connectivity index (χ3v) is 3.93. The second-order valence-corrected chi connectivity index (χ2v) is 5.59. The monoisotopic (exact) mass is 375 g/mol. The van der Waals surface area contributed by atoms with Crippen molar-refractivity contribution < 1.29 is 14.3 Å². The first-order valence-electron chi connectivity index (χ1n) is 7.24. The van der Waals surface area contributed by atoms with Crippen molar-refractivity contribution in [1.82, 2.24) is 0 Å². The Kier molecular flexibility index (Phi) is 6.35. The van der Waals surface area contributed by atoms with Gasteiger partial charge in [0, 0.05) is 0 Å². The minimum absolute atomic E-state index is 0.325. The lowest BCUT2D eigenvalue weighted by atomic mass is 10.1. The fraction of sp³-hybridized carbons (Fsp3) is 0.222. The molecule has 2 aromatic rings. The van der Waals surface area contributed by atoms with Crippen LogP contribution in [-0.4, -0.2) is 30.2 Å². The molecule has 23 heavy (non-hydrogen) atoms. The van der Waals surface area contributed by atoms with E-state index in [-0.39, 0.29) is 5.97 Å². The number of ether oxygens (including phenoxy) is 2. The van der Waals surface area contributed by atoms with Crippen molar-refractivity contribution >= 4 is 33.3 Å². The van der Waals surface area contributed by atoms with E-state index < -0.39 is 4.83 Å². The highest BCUT2D eigenvalue weighted by Crippen LogP contribution is 2.22. The van der Waals surface area contributed by atoms with Crippen LogP contribution in [0.3, 0.4) is 0 Å². The van der Waals surface area contributed by atoms with Crippen LogP contribution in [0, 0.1) is 0 Å². The quantitative estimate of drug-likeness (QED) is 0.433. The third kappa shape index (κ3) is 4.66. The van der Waals surface area contributed by atoms with Crippen LogP contribution < -0.4 is 4.74 Å². The fourth-order valence-corrected chi connectivity index (χ4v) is 2.50. The Morgan fingerprint density at radius 2 is 1.78 bits per heavy atom. The van der Waals surface area contributed by atoms with Gasteiger partial charge in [-0.1, -0.05) is 46.3 Å². The first-order chi connectivity index (χ1) is 11.2. The first-order valence-corrected chi connectivity index (χ1v) is 8.16. The summed E-state index contributed by atoms with van der Waals surface area (Å²) >= 11 is 3.40. The van der Waals surface area contributed by atoms with Crippen LogP contribution in [-0.2, 0) is 9.53 Å². The second-order valence-electron chi connectivity index (χ2n) is 4.68. The SMILES string of the molecule is CCOC(=O)C(Br)C(=Nc1ccc(OC)cc1)c1ccccc1. The van der Waals surface area contributed by atoms with E-state index in [4.69, 9.17) is 9.47 Å². The van der Waals surface area contributed by atoms with Gasteiger partial charge in [0.05, 0.1) is 25.1 Å². The summed E-state index contributed by atoms with van der Waals surface area (Å²) in [6.07, 6.45) is 0. The van der Waals surface area contributed by atoms with Crippen LogP contribution in [0.5, 0.6) is 5.75 Å². The molecule has 1 atom stereocenters. The lowest BCUT2D eigenvalue weighted by Crippen LogP contribution is -2.27. The van der Waals surface area contributed by atoms with Crippen molar-refractivity contribution in [2.24, 2.45) is 4.99 Å². The number of methoxy groups -OCH3 is 1. The lowest BCUT2D eigenvalue weighted by Gasteiger charge is -2.13. The molecule has 2 rings (SSSR count). The molecule has 0 radical (unpaired) electrons. The highest BCUT2D eigenvalue weighted by Gasteiger charge is 2.24. The van der Waals surface area contributed by atoms with E-state index >= 15 is 0 Å². The summed E-state index contributed by atoms with van der Waals surface area (Å²) < 4.78 is 10.2. The molecule has 0 saturated carbocycles. The Morgan fingerprint density at radius 1 is 1.13 bits per heavy atom. The average Bonchev–Trinajstić information content (AvgIpc) is 2.60. The number of carbonyl (C=O) groups is 1. The lowest BCUT2D eigenvalue weighted by molar-refractivity contribution is -0.140. The van der Waals surface area contributed by atoms with Crippen molar-refractivity contribution in [3.63, 3.8) is 0 Å². The predicted molar refractivity (Wildman–Crippen MR) is 95.0 cm³/mol. The van der Waals surface area contributed by atoms with Crippen LogP contribution in [0.15, 0.2) is 59.6 Å². The summed E-state index contributed by atoms with van der Waals surface area (Å²) in [4.78, 5) is 16.1. The van der Waals surface area contributed by atoms with Crippen LogP contribution in [0.2, 0.25) is 0 Å². The van der Waals surface area contributed by atoms with E-state index in [2.05, 4.69) is 20.9 Å². The first kappa shape index (κ1) is 17.2. The van der Waals surface area contributed by atoms with Gasteiger partial charge in [0.15, 0.2) is 4.83 Å². The number of hydrogen-bond donors (Lipinski definition) is 0. The standard InChI is InChI=1S/C18H18BrNO3/c1-3-23-18(21)16(19)17(13-7-5-4-6-8-13)20-14-9-11-15(22-2)12-10-14/h4-12,16H,3H2,1-2H3. The summed E-state index contributed by atoms with van der Waals surface area (Å²) in [5, 5.41) is 0. The molecule has 0 N–H and O–H groups in total. The van der Waals surface area contributed by atoms with Gasteiger partial charge in [0.25, 0.3) is 0 Å². The zero-order chi connectivity index (χ0) is 16.7. The highest BCUT2D eigenvalue weighted by molar-refractivity contribution is 9.10. The fourth-order valence-electron chi connectivity index (χ4n) is 2.00. The van der Waals surface area contributed by atoms with Gasteiger partial charge in [-0.25, -0.2) is 0 Å². The van der Waals surface area contributed by atoms with E-state index in [1.807, 2.05) is 54.6 Å². The minimum atomic E-state index is -0.632. The molecule has 4 nitrogen and oxygen atoms in total. The maximum absolute atomic E-state index is 12.1. The summed E-state index contributed by atoms with van der Waals surface area (Å²) in [6, 6.07) is 16.9. The Balaban J connectivity index is 2.39. The van der Waals surface area contributed by atoms with Gasteiger partial charge in [-0.05, 0) is 36.8 Å². The molecule has 0 aliphatic heterocycles. The molecule has 120 valence electrons. The molecule has 0 amide bonds. The Bertz CT molecular complexity index is 668. The Labute approximate surface area is 144 Å². The molecule has 0 heterocycles. The number of esters is 1. The number of alkyl halides is 1. The van der Waals surface area contributed by atoms with E-state index in [0.29, 0.717) is 12.3 Å². The summed E-state index contributed by atoms with van der Waals surface area (Å²) in [6.45, 7) is 2.10. The minimum Gasteiger partial charge on any atom is -0.497 e. The van der Waals surface area contributed by atoms with E-state index in [1.54, 1.807) is 14.0 Å². The molecule has 0 aromatic heterocycles. The van der Waals surface area contributed by atoms with Crippen molar-refractivity contribution in [3.8, 4) is 5.75 Å². The van der Waals surface area contributed by atoms with E-state index in [1.165, 1.54) is 0 Å². The highest BCUT2D eigenvalue weighted by atomic mass is 79.9. The van der Waals surface area contributed by atoms with Crippen LogP contribution >= 0.6 is 15.9 Å². The molecule has 1 unspecified atom stereocenters. The Hall–Kier alpha value is -2.14. The third-order valence-electron chi connectivity index (χ3n) is 3.13. The largest absolute Gasteiger partial charge is 0.497 e. The van der Waals surface area contributed by atoms with Crippen LogP contribution in [0.4, 0.5) is 5.69 Å². The molecule has 5 heteroatoms. The number of nitrogens with zero attached hydrogens (tertiary/aromatic N) is 1. The number of halogens is 1. The molecule has 0 fully saturated rings. The van der Waals surface area contributed by atoms with Crippen molar-refractivity contribution in [3.05, 3.63) is 60.2 Å². The van der Waals surface area contributed by atoms with Crippen molar-refractivity contribution in [2.45, 2.75) is 11.8 Å². The molecule has 0 aliphatic rings.